The number of carboxylic acid groups (broad SMARTS) is 2. The number of benzene rings is 1. The van der Waals surface area contributed by atoms with Gasteiger partial charge in [-0.1, -0.05) is 44.2 Å². The molecule has 1 rings (SSSR count). The lowest BCUT2D eigenvalue weighted by molar-refractivity contribution is -0.143. The van der Waals surface area contributed by atoms with Crippen LogP contribution in [-0.2, 0) is 59.2 Å². The first-order valence-electron chi connectivity index (χ1n) is 26.0. The molecule has 0 saturated heterocycles. The normalized spacial score (nSPS) is 14.2. The van der Waals surface area contributed by atoms with Crippen LogP contribution in [0.25, 0.3) is 0 Å². The van der Waals surface area contributed by atoms with Crippen molar-refractivity contribution >= 4 is 65.1 Å². The quantitative estimate of drug-likeness (QED) is 0.0214. The van der Waals surface area contributed by atoms with Crippen molar-refractivity contribution in [2.24, 2.45) is 40.3 Å². The first-order chi connectivity index (χ1) is 37.3. The Morgan fingerprint density at radius 1 is 0.506 bits per heavy atom. The van der Waals surface area contributed by atoms with Gasteiger partial charge in [0, 0.05) is 12.8 Å². The lowest BCUT2D eigenvalue weighted by Gasteiger charge is -2.28. The number of hydrogen-bond donors (Lipinski definition) is 20. The summed E-state index contributed by atoms with van der Waals surface area (Å²) >= 11 is 0. The monoisotopic (exact) mass is 1120 g/mol. The smallest absolute Gasteiger partial charge is 0.326 e. The summed E-state index contributed by atoms with van der Waals surface area (Å²) in [5, 5.41) is 56.1. The topological polar surface area (TPSA) is 537 Å². The third kappa shape index (κ3) is 30.1. The summed E-state index contributed by atoms with van der Waals surface area (Å²) in [4.78, 5) is 144. The molecule has 0 spiro atoms. The molecule has 1 aromatic carbocycles. The molecule has 0 aliphatic rings. The van der Waals surface area contributed by atoms with E-state index in [1.54, 1.807) is 44.2 Å². The van der Waals surface area contributed by atoms with Crippen LogP contribution in [0.5, 0.6) is 0 Å². The Morgan fingerprint density at radius 3 is 1.44 bits per heavy atom. The van der Waals surface area contributed by atoms with Crippen LogP contribution in [0.4, 0.5) is 0 Å². The average Bonchev–Trinajstić information content (AvgIpc) is 3.38. The fourth-order valence-electron chi connectivity index (χ4n) is 7.49. The highest BCUT2D eigenvalue weighted by atomic mass is 16.4. The molecule has 0 bridgehead atoms. The van der Waals surface area contributed by atoms with Crippen LogP contribution >= 0.6 is 0 Å². The average molecular weight is 1120 g/mol. The van der Waals surface area contributed by atoms with E-state index >= 15 is 0 Å². The van der Waals surface area contributed by atoms with E-state index in [4.69, 9.17) is 39.5 Å². The molecule has 0 radical (unpaired) electrons. The minimum absolute atomic E-state index is 0.0121. The van der Waals surface area contributed by atoms with Crippen LogP contribution in [0.1, 0.15) is 90.5 Å². The number of nitrogens with one attached hydrogen (secondary N) is 11. The van der Waals surface area contributed by atoms with Gasteiger partial charge in [0.1, 0.15) is 60.9 Å². The Morgan fingerprint density at radius 2 is 0.975 bits per heavy atom. The summed E-state index contributed by atoms with van der Waals surface area (Å²) in [6.45, 7) is 3.36. The number of unbranched alkanes of at least 4 members (excludes halogenated alkanes) is 1. The molecule has 0 aliphatic heterocycles. The predicted molar refractivity (Wildman–Crippen MR) is 286 cm³/mol. The maximum absolute atomic E-state index is 14.4. The van der Waals surface area contributed by atoms with Gasteiger partial charge in [-0.25, -0.2) is 4.79 Å². The number of nitrogens with two attached hydrogens (primary N) is 6. The molecule has 31 nitrogen and oxygen atoms in total. The zero-order valence-electron chi connectivity index (χ0n) is 45.1. The second-order valence-corrected chi connectivity index (χ2v) is 19.0. The standard InChI is InChI=1S/C48H85N17O14/c1-26(2)21-33(44(76)65-34(22-28-11-5-4-6-12-28)40(72)57-24-37(68)59-32(46(78)79)16-17-38(69)70)64-43(75)31(15-10-20-56-48(53)54)63-42(74)30(14-9-19-55-47(51)52)62-41(73)29(13-7-8-18-49)61-39(71)27(3)58-45(77)35(25-66)60-36(67)23-50/h4-6,11-12,26-27,29-35,47-48,55-56,66H,7-10,13-25,49-54H2,1-3H3,(H,57,72)(H,58,77)(H,59,68)(H,60,67)(H,61,71)(H,62,73)(H,63,74)(H,64,75)(H,65,76)(H,69,70)(H,78,79)/t27-,29-,30-,31-,32-,33-,34-,35-/m0/s1. The van der Waals surface area contributed by atoms with E-state index in [-0.39, 0.29) is 70.5 Å². The molecule has 31 heteroatoms. The van der Waals surface area contributed by atoms with E-state index in [1.807, 2.05) is 0 Å². The van der Waals surface area contributed by atoms with Crippen LogP contribution in [0, 0.1) is 5.92 Å². The Bertz CT molecular complexity index is 2120. The van der Waals surface area contributed by atoms with Crippen molar-refractivity contribution in [3.8, 4) is 0 Å². The maximum atomic E-state index is 14.4. The molecule has 0 aromatic heterocycles. The number of rotatable bonds is 41. The Kier molecular flexibility index (Phi) is 34.2. The van der Waals surface area contributed by atoms with Gasteiger partial charge < -0.3 is 97.6 Å². The molecule has 9 amide bonds. The number of carbonyl (C=O) groups excluding carboxylic acids is 9. The molecule has 26 N–H and O–H groups in total. The van der Waals surface area contributed by atoms with E-state index in [0.29, 0.717) is 18.4 Å². The molecule has 79 heavy (non-hydrogen) atoms. The van der Waals surface area contributed by atoms with Gasteiger partial charge in [0.05, 0.1) is 19.7 Å². The van der Waals surface area contributed by atoms with Crippen molar-refractivity contribution in [2.45, 2.75) is 152 Å². The third-order valence-corrected chi connectivity index (χ3v) is 11.7. The van der Waals surface area contributed by atoms with Crippen molar-refractivity contribution < 1.29 is 68.1 Å². The molecule has 0 unspecified atom stereocenters. The third-order valence-electron chi connectivity index (χ3n) is 11.7. The first-order valence-corrected chi connectivity index (χ1v) is 26.0. The van der Waals surface area contributed by atoms with E-state index in [1.165, 1.54) is 6.92 Å². The Balaban J connectivity index is 3.56. The summed E-state index contributed by atoms with van der Waals surface area (Å²) < 4.78 is 0. The zero-order valence-corrected chi connectivity index (χ0v) is 45.1. The summed E-state index contributed by atoms with van der Waals surface area (Å²) in [6.07, 6.45) is -1.94. The van der Waals surface area contributed by atoms with Crippen LogP contribution in [0.15, 0.2) is 30.3 Å². The van der Waals surface area contributed by atoms with Crippen molar-refractivity contribution in [1.29, 1.82) is 0 Å². The van der Waals surface area contributed by atoms with Crippen LogP contribution in [-0.4, -0.2) is 181 Å². The second kappa shape index (κ2) is 38.6. The molecular formula is C48H85N17O14. The van der Waals surface area contributed by atoms with Gasteiger partial charge in [-0.15, -0.1) is 0 Å². The van der Waals surface area contributed by atoms with Gasteiger partial charge in [-0.05, 0) is 95.8 Å². The number of aliphatic carboxylic acids is 2. The fourth-order valence-corrected chi connectivity index (χ4v) is 7.49. The number of hydrogen-bond acceptors (Lipinski definition) is 20. The van der Waals surface area contributed by atoms with E-state index < -0.39 is 159 Å². The Hall–Kier alpha value is -6.97. The molecule has 0 aliphatic carbocycles. The van der Waals surface area contributed by atoms with Crippen LogP contribution < -0.4 is 92.9 Å². The first kappa shape index (κ1) is 70.0. The summed E-state index contributed by atoms with van der Waals surface area (Å²) in [7, 11) is 0. The minimum Gasteiger partial charge on any atom is -0.481 e. The molecule has 0 heterocycles. The Labute approximate surface area is 458 Å². The summed E-state index contributed by atoms with van der Waals surface area (Å²) in [5.41, 5.74) is 34.2. The number of aliphatic hydroxyl groups excluding tert-OH is 1. The van der Waals surface area contributed by atoms with Gasteiger partial charge in [-0.3, -0.25) is 58.6 Å². The van der Waals surface area contributed by atoms with E-state index in [2.05, 4.69) is 58.5 Å². The van der Waals surface area contributed by atoms with Gasteiger partial charge in [0.25, 0.3) is 0 Å². The fraction of sp³-hybridized carbons (Fsp3) is 0.646. The second-order valence-electron chi connectivity index (χ2n) is 19.0. The summed E-state index contributed by atoms with van der Waals surface area (Å²) in [6, 6.07) is -2.65. The maximum Gasteiger partial charge on any atom is 0.326 e. The molecule has 0 fully saturated rings. The largest absolute Gasteiger partial charge is 0.481 e. The lowest BCUT2D eigenvalue weighted by atomic mass is 10.00. The number of aliphatic hydroxyl groups is 1. The molecule has 1 aromatic rings. The summed E-state index contributed by atoms with van der Waals surface area (Å²) in [5.74, 6) is -10.7. The van der Waals surface area contributed by atoms with Crippen molar-refractivity contribution in [2.75, 3.05) is 39.3 Å². The van der Waals surface area contributed by atoms with Gasteiger partial charge in [0.2, 0.25) is 53.2 Å². The number of carbonyl (C=O) groups is 11. The van der Waals surface area contributed by atoms with Crippen LogP contribution in [0.2, 0.25) is 0 Å². The zero-order chi connectivity index (χ0) is 59.6. The van der Waals surface area contributed by atoms with E-state index in [9.17, 15) is 63.0 Å². The van der Waals surface area contributed by atoms with Crippen molar-refractivity contribution in [3.05, 3.63) is 35.9 Å². The molecule has 0 saturated carbocycles. The highest BCUT2D eigenvalue weighted by Crippen LogP contribution is 2.11. The highest BCUT2D eigenvalue weighted by Gasteiger charge is 2.34. The van der Waals surface area contributed by atoms with Crippen molar-refractivity contribution in [3.63, 3.8) is 0 Å². The van der Waals surface area contributed by atoms with Gasteiger partial charge >= 0.3 is 11.9 Å². The number of amides is 9. The highest BCUT2D eigenvalue weighted by molar-refractivity contribution is 5.98. The van der Waals surface area contributed by atoms with Crippen molar-refractivity contribution in [1.82, 2.24) is 58.5 Å². The van der Waals surface area contributed by atoms with Gasteiger partial charge in [-0.2, -0.15) is 0 Å². The number of carboxylic acids is 2. The van der Waals surface area contributed by atoms with E-state index in [0.717, 1.165) is 0 Å². The predicted octanol–water partition coefficient (Wildman–Crippen LogP) is -7.54. The minimum atomic E-state index is -1.57. The molecule has 8 atom stereocenters. The van der Waals surface area contributed by atoms with Gasteiger partial charge in [0.15, 0.2) is 0 Å². The van der Waals surface area contributed by atoms with Crippen LogP contribution in [0.3, 0.4) is 0 Å². The molecular weight excluding hydrogens is 1040 g/mol. The SMILES string of the molecule is CC(C)C[C@H](NC(=O)[C@H](CCCNC(N)N)NC(=O)[C@H](CCCNC(N)N)NC(=O)[C@H](CCCCN)NC(=O)[C@H](C)NC(=O)[C@H](CO)NC(=O)CN)C(=O)N[C@@H](Cc1ccccc1)C(=O)NCC(=O)N[C@@H](CCC(=O)O)C(=O)O. The lowest BCUT2D eigenvalue weighted by Crippen LogP contribution is -2.60. The molecule has 446 valence electrons.